The second-order valence-corrected chi connectivity index (χ2v) is 13.9. The predicted molar refractivity (Wildman–Crippen MR) is 186 cm³/mol. The Hall–Kier alpha value is -4.82. The fourth-order valence-corrected chi connectivity index (χ4v) is 8.53. The van der Waals surface area contributed by atoms with Gasteiger partial charge in [-0.15, -0.1) is 0 Å². The molecule has 3 heterocycles. The van der Waals surface area contributed by atoms with E-state index >= 15 is 0 Å². The lowest BCUT2D eigenvalue weighted by Gasteiger charge is -2.55. The zero-order valence-corrected chi connectivity index (χ0v) is 25.8. The Morgan fingerprint density at radius 1 is 0.568 bits per heavy atom. The van der Waals surface area contributed by atoms with Crippen molar-refractivity contribution < 1.29 is 0 Å². The molecule has 44 heavy (non-hydrogen) atoms. The first-order valence-corrected chi connectivity index (χ1v) is 15.9. The van der Waals surface area contributed by atoms with Gasteiger partial charge >= 0.3 is 0 Å². The van der Waals surface area contributed by atoms with E-state index in [1.165, 1.54) is 66.7 Å². The summed E-state index contributed by atoms with van der Waals surface area (Å²) in [5, 5.41) is 2.57. The second-order valence-electron chi connectivity index (χ2n) is 13.9. The smallest absolute Gasteiger partial charge is 0.0596 e. The van der Waals surface area contributed by atoms with Crippen molar-refractivity contribution >= 4 is 33.2 Å². The van der Waals surface area contributed by atoms with E-state index in [1.807, 2.05) is 0 Å². The highest BCUT2D eigenvalue weighted by molar-refractivity contribution is 6.10. The Labute approximate surface area is 259 Å². The van der Waals surface area contributed by atoms with Gasteiger partial charge < -0.3 is 9.47 Å². The van der Waals surface area contributed by atoms with Crippen LogP contribution in [-0.2, 0) is 10.8 Å². The number of benzene rings is 5. The third kappa shape index (κ3) is 3.31. The van der Waals surface area contributed by atoms with Crippen molar-refractivity contribution in [2.24, 2.45) is 5.92 Å². The standard InChI is InChI=1S/C42H36N2/c1-41(2)32-16-9-11-20-38(32)44-39-24-22-28(26-35(39)42(3,4)34-18-12-17-33(41)40(34)44)27-21-23-37-31(25-27)30-15-8-10-19-36(30)43(37)29-13-6-5-7-14-29/h5-26,32,38H,1-4H3. The lowest BCUT2D eigenvalue weighted by atomic mass is 9.61. The van der Waals surface area contributed by atoms with E-state index in [1.54, 1.807) is 0 Å². The molecule has 6 aromatic rings. The van der Waals surface area contributed by atoms with E-state index in [2.05, 4.69) is 171 Å². The van der Waals surface area contributed by atoms with Gasteiger partial charge in [0.2, 0.25) is 0 Å². The molecule has 0 N–H and O–H groups in total. The minimum atomic E-state index is -0.127. The van der Waals surface area contributed by atoms with Gasteiger partial charge in [-0.25, -0.2) is 0 Å². The van der Waals surface area contributed by atoms with Crippen molar-refractivity contribution in [2.75, 3.05) is 4.90 Å². The number of fused-ring (bicyclic) bond motifs is 7. The first-order valence-electron chi connectivity index (χ1n) is 15.9. The molecule has 0 saturated heterocycles. The number of hydrogen-bond acceptors (Lipinski definition) is 1. The zero-order valence-electron chi connectivity index (χ0n) is 25.8. The molecule has 9 rings (SSSR count). The van der Waals surface area contributed by atoms with Crippen LogP contribution in [0.15, 0.2) is 133 Å². The van der Waals surface area contributed by atoms with Crippen molar-refractivity contribution in [1.29, 1.82) is 0 Å². The Balaban J connectivity index is 1.24. The summed E-state index contributed by atoms with van der Waals surface area (Å²) in [7, 11) is 0. The molecule has 2 heteroatoms. The molecule has 2 aliphatic heterocycles. The summed E-state index contributed by atoms with van der Waals surface area (Å²) < 4.78 is 2.39. The Morgan fingerprint density at radius 3 is 2.14 bits per heavy atom. The van der Waals surface area contributed by atoms with E-state index in [4.69, 9.17) is 0 Å². The summed E-state index contributed by atoms with van der Waals surface area (Å²) in [4.78, 5) is 2.65. The fraction of sp³-hybridized carbons (Fsp3) is 0.190. The Morgan fingerprint density at radius 2 is 1.27 bits per heavy atom. The molecule has 0 saturated carbocycles. The van der Waals surface area contributed by atoms with Crippen LogP contribution in [-0.4, -0.2) is 10.6 Å². The van der Waals surface area contributed by atoms with Gasteiger partial charge in [0.15, 0.2) is 0 Å². The molecule has 2 unspecified atom stereocenters. The molecule has 0 bridgehead atoms. The van der Waals surface area contributed by atoms with Gasteiger partial charge in [-0.1, -0.05) is 119 Å². The van der Waals surface area contributed by atoms with Crippen molar-refractivity contribution in [1.82, 2.24) is 4.57 Å². The maximum absolute atomic E-state index is 2.65. The third-order valence-corrected chi connectivity index (χ3v) is 10.8. The highest BCUT2D eigenvalue weighted by atomic mass is 15.2. The predicted octanol–water partition coefficient (Wildman–Crippen LogP) is 10.6. The summed E-state index contributed by atoms with van der Waals surface area (Å²) in [6, 6.07) is 41.0. The van der Waals surface area contributed by atoms with Crippen LogP contribution in [0.5, 0.6) is 0 Å². The lowest BCUT2D eigenvalue weighted by molar-refractivity contribution is 0.328. The largest absolute Gasteiger partial charge is 0.333 e. The summed E-state index contributed by atoms with van der Waals surface area (Å²) >= 11 is 0. The molecule has 214 valence electrons. The highest BCUT2D eigenvalue weighted by Crippen LogP contribution is 2.59. The quantitative estimate of drug-likeness (QED) is 0.202. The average molecular weight is 569 g/mol. The molecular formula is C42H36N2. The summed E-state index contributed by atoms with van der Waals surface area (Å²) in [6.45, 7) is 9.68. The molecule has 2 atom stereocenters. The molecular weight excluding hydrogens is 532 g/mol. The van der Waals surface area contributed by atoms with Gasteiger partial charge in [-0.05, 0) is 70.3 Å². The molecule has 1 aliphatic carbocycles. The van der Waals surface area contributed by atoms with E-state index in [0.29, 0.717) is 12.0 Å². The van der Waals surface area contributed by atoms with Crippen molar-refractivity contribution in [2.45, 2.75) is 44.6 Å². The first kappa shape index (κ1) is 25.7. The number of anilines is 2. The molecule has 2 nitrogen and oxygen atoms in total. The van der Waals surface area contributed by atoms with E-state index in [-0.39, 0.29) is 10.8 Å². The van der Waals surface area contributed by atoms with Crippen LogP contribution >= 0.6 is 0 Å². The molecule has 3 aliphatic rings. The van der Waals surface area contributed by atoms with E-state index in [9.17, 15) is 0 Å². The third-order valence-electron chi connectivity index (χ3n) is 10.8. The monoisotopic (exact) mass is 568 g/mol. The maximum Gasteiger partial charge on any atom is 0.0596 e. The number of para-hydroxylation sites is 3. The van der Waals surface area contributed by atoms with Crippen LogP contribution in [0.1, 0.15) is 44.4 Å². The lowest BCUT2D eigenvalue weighted by Crippen LogP contribution is -2.52. The van der Waals surface area contributed by atoms with Crippen LogP contribution in [0.2, 0.25) is 0 Å². The van der Waals surface area contributed by atoms with E-state index < -0.39 is 0 Å². The van der Waals surface area contributed by atoms with Crippen molar-refractivity contribution in [3.8, 4) is 16.8 Å². The van der Waals surface area contributed by atoms with Gasteiger partial charge in [-0.2, -0.15) is 0 Å². The van der Waals surface area contributed by atoms with Crippen molar-refractivity contribution in [3.63, 3.8) is 0 Å². The number of aromatic nitrogens is 1. The van der Waals surface area contributed by atoms with Gasteiger partial charge in [0, 0.05) is 44.6 Å². The Bertz CT molecular complexity index is 2190. The normalized spacial score (nSPS) is 20.4. The van der Waals surface area contributed by atoms with Gasteiger partial charge in [-0.3, -0.25) is 0 Å². The Kier molecular flexibility index (Phi) is 5.17. The second kappa shape index (κ2) is 8.86. The SMILES string of the molecule is CC1(C)c2cc(-c3ccc4c(c3)c3ccccc3n4-c3ccccc3)ccc2N2c3c1cccc3C(C)(C)C1C=CC=CC12. The number of allylic oxidation sites excluding steroid dienone is 2. The molecule has 0 amide bonds. The minimum Gasteiger partial charge on any atom is -0.333 e. The number of rotatable bonds is 2. The summed E-state index contributed by atoms with van der Waals surface area (Å²) in [6.07, 6.45) is 9.31. The molecule has 0 spiro atoms. The van der Waals surface area contributed by atoms with E-state index in [0.717, 1.165) is 0 Å². The van der Waals surface area contributed by atoms with Crippen molar-refractivity contribution in [3.05, 3.63) is 150 Å². The van der Waals surface area contributed by atoms with Crippen LogP contribution in [0.25, 0.3) is 38.6 Å². The summed E-state index contributed by atoms with van der Waals surface area (Å²) in [5.74, 6) is 0.410. The molecule has 5 aromatic carbocycles. The van der Waals surface area contributed by atoms with Crippen LogP contribution in [0, 0.1) is 5.92 Å². The van der Waals surface area contributed by atoms with Crippen LogP contribution < -0.4 is 4.90 Å². The van der Waals surface area contributed by atoms with Gasteiger partial charge in [0.1, 0.15) is 0 Å². The number of hydrogen-bond donors (Lipinski definition) is 0. The number of nitrogens with zero attached hydrogens (tertiary/aromatic N) is 2. The highest BCUT2D eigenvalue weighted by Gasteiger charge is 2.50. The molecule has 1 aromatic heterocycles. The zero-order chi connectivity index (χ0) is 29.8. The first-order chi connectivity index (χ1) is 21.4. The average Bonchev–Trinajstić information content (AvgIpc) is 3.38. The molecule has 0 radical (unpaired) electrons. The van der Waals surface area contributed by atoms with Crippen LogP contribution in [0.3, 0.4) is 0 Å². The van der Waals surface area contributed by atoms with Gasteiger partial charge in [0.25, 0.3) is 0 Å². The summed E-state index contributed by atoms with van der Waals surface area (Å²) in [5.41, 5.74) is 13.1. The fourth-order valence-electron chi connectivity index (χ4n) is 8.53. The van der Waals surface area contributed by atoms with Crippen LogP contribution in [0.4, 0.5) is 11.4 Å². The maximum atomic E-state index is 2.65. The van der Waals surface area contributed by atoms with Gasteiger partial charge in [0.05, 0.1) is 17.1 Å². The topological polar surface area (TPSA) is 8.17 Å². The minimum absolute atomic E-state index is 0.0512. The molecule has 0 fully saturated rings.